The summed E-state index contributed by atoms with van der Waals surface area (Å²) in [5, 5.41) is 6.48. The first-order valence-electron chi connectivity index (χ1n) is 23.1. The second-order valence-electron chi connectivity index (χ2n) is 22.6. The smallest absolute Gasteiger partial charge is 0.375 e. The summed E-state index contributed by atoms with van der Waals surface area (Å²) in [6.45, 7) is 25.6. The fraction of sp³-hybridized carbons (Fsp3) is 0.254. The molecular formula is C59H53BN2OS. The molecule has 5 heterocycles. The highest BCUT2D eigenvalue weighted by Crippen LogP contribution is 2.60. The molecule has 3 nitrogen and oxygen atoms in total. The van der Waals surface area contributed by atoms with Gasteiger partial charge in [-0.3, -0.25) is 0 Å². The fourth-order valence-electron chi connectivity index (χ4n) is 11.9. The van der Waals surface area contributed by atoms with E-state index in [9.17, 15) is 0 Å². The van der Waals surface area contributed by atoms with Gasteiger partial charge < -0.3 is 13.8 Å². The van der Waals surface area contributed by atoms with Crippen molar-refractivity contribution in [3.05, 3.63) is 149 Å². The molecule has 3 aromatic heterocycles. The molecule has 0 bridgehead atoms. The molecule has 0 unspecified atom stereocenters. The van der Waals surface area contributed by atoms with Gasteiger partial charge in [0.25, 0.3) is 0 Å². The number of fused-ring (bicyclic) bond motifs is 18. The van der Waals surface area contributed by atoms with Crippen LogP contribution in [0.5, 0.6) is 0 Å². The predicted molar refractivity (Wildman–Crippen MR) is 276 cm³/mol. The largest absolute Gasteiger partial charge is 0.466 e. The van der Waals surface area contributed by atoms with Crippen LogP contribution in [0.1, 0.15) is 104 Å². The van der Waals surface area contributed by atoms with Crippen LogP contribution in [-0.4, -0.2) is 11.4 Å². The second-order valence-corrected chi connectivity index (χ2v) is 23.6. The van der Waals surface area contributed by atoms with Crippen LogP contribution in [0.4, 0.5) is 11.4 Å². The van der Waals surface area contributed by atoms with Gasteiger partial charge in [-0.25, -0.2) is 0 Å². The highest BCUT2D eigenvalue weighted by atomic mass is 32.1. The molecule has 0 atom stereocenters. The van der Waals surface area contributed by atoms with Gasteiger partial charge in [-0.05, 0) is 121 Å². The topological polar surface area (TPSA) is 21.3 Å². The number of rotatable bonds is 1. The lowest BCUT2D eigenvalue weighted by atomic mass is 9.45. The van der Waals surface area contributed by atoms with Crippen LogP contribution < -0.4 is 15.9 Å². The Balaban J connectivity index is 1.29. The summed E-state index contributed by atoms with van der Waals surface area (Å²) in [5.41, 5.74) is 21.3. The molecule has 2 aliphatic heterocycles. The van der Waals surface area contributed by atoms with Crippen LogP contribution in [0.15, 0.2) is 126 Å². The van der Waals surface area contributed by atoms with Gasteiger partial charge in [-0.15, -0.1) is 11.3 Å². The summed E-state index contributed by atoms with van der Waals surface area (Å²) in [6.07, 6.45) is 0. The Labute approximate surface area is 380 Å². The van der Waals surface area contributed by atoms with Crippen LogP contribution in [0.25, 0.3) is 80.9 Å². The van der Waals surface area contributed by atoms with E-state index < -0.39 is 0 Å². The lowest BCUT2D eigenvalue weighted by Crippen LogP contribution is -2.60. The Bertz CT molecular complexity index is 3700. The normalized spacial score (nSPS) is 15.2. The van der Waals surface area contributed by atoms with E-state index >= 15 is 0 Å². The van der Waals surface area contributed by atoms with E-state index in [1.165, 1.54) is 120 Å². The van der Waals surface area contributed by atoms with Gasteiger partial charge in [0.15, 0.2) is 0 Å². The zero-order valence-corrected chi connectivity index (χ0v) is 39.7. The zero-order valence-electron chi connectivity index (χ0n) is 38.8. The SMILES string of the molecule is CC(C)(C)c1ccc(N2B3c4oc5ccc(C(C)(C)C)cc5c4-n4c5ccc(C(C)(C)C)cc5c5c6c(c(c3c54)-c3cc4sc5ccccc5c4cc32)-c2ccccc2C6(C)C)cc1. The van der Waals surface area contributed by atoms with Crippen molar-refractivity contribution in [1.82, 2.24) is 4.57 Å². The van der Waals surface area contributed by atoms with Crippen molar-refractivity contribution < 1.29 is 4.42 Å². The van der Waals surface area contributed by atoms with Crippen molar-refractivity contribution in [2.24, 2.45) is 0 Å². The zero-order chi connectivity index (χ0) is 44.1. The van der Waals surface area contributed by atoms with Gasteiger partial charge in [0.1, 0.15) is 11.2 Å². The first-order chi connectivity index (χ1) is 30.4. The molecule has 1 aliphatic carbocycles. The number of hydrogen-bond acceptors (Lipinski definition) is 3. The van der Waals surface area contributed by atoms with Crippen LogP contribution in [0, 0.1) is 0 Å². The van der Waals surface area contributed by atoms with E-state index in [-0.39, 0.29) is 28.5 Å². The Morgan fingerprint density at radius 1 is 0.578 bits per heavy atom. The van der Waals surface area contributed by atoms with Crippen molar-refractivity contribution in [3.8, 4) is 27.9 Å². The quantitative estimate of drug-likeness (QED) is 0.154. The Hall–Kier alpha value is -6.04. The molecule has 13 rings (SSSR count). The van der Waals surface area contributed by atoms with Crippen LogP contribution in [-0.2, 0) is 21.7 Å². The molecule has 10 aromatic rings. The molecule has 0 amide bonds. The van der Waals surface area contributed by atoms with E-state index in [1.54, 1.807) is 0 Å². The van der Waals surface area contributed by atoms with E-state index in [2.05, 4.69) is 207 Å². The highest BCUT2D eigenvalue weighted by molar-refractivity contribution is 7.25. The van der Waals surface area contributed by atoms with Gasteiger partial charge >= 0.3 is 6.85 Å². The maximum Gasteiger partial charge on any atom is 0.375 e. The molecule has 0 saturated heterocycles. The van der Waals surface area contributed by atoms with Crippen LogP contribution >= 0.6 is 11.3 Å². The summed E-state index contributed by atoms with van der Waals surface area (Å²) in [4.78, 5) is 2.65. The summed E-state index contributed by atoms with van der Waals surface area (Å²) < 4.78 is 12.8. The average Bonchev–Trinajstić information content (AvgIpc) is 3.97. The fourth-order valence-corrected chi connectivity index (χ4v) is 13.0. The summed E-state index contributed by atoms with van der Waals surface area (Å²) in [7, 11) is 0. The predicted octanol–water partition coefficient (Wildman–Crippen LogP) is 15.3. The molecule has 0 N–H and O–H groups in total. The number of furan rings is 1. The molecule has 314 valence electrons. The first-order valence-corrected chi connectivity index (χ1v) is 23.9. The van der Waals surface area contributed by atoms with Crippen molar-refractivity contribution in [1.29, 1.82) is 0 Å². The number of hydrogen-bond donors (Lipinski definition) is 0. The molecule has 64 heavy (non-hydrogen) atoms. The molecule has 0 spiro atoms. The molecule has 3 aliphatic rings. The van der Waals surface area contributed by atoms with E-state index in [1.807, 2.05) is 11.3 Å². The number of benzene rings is 7. The summed E-state index contributed by atoms with van der Waals surface area (Å²) in [6, 6.07) is 47.0. The van der Waals surface area contributed by atoms with Gasteiger partial charge in [-0.2, -0.15) is 0 Å². The molecule has 7 aromatic carbocycles. The monoisotopic (exact) mass is 848 g/mol. The van der Waals surface area contributed by atoms with Gasteiger partial charge in [0, 0.05) is 58.7 Å². The molecule has 0 saturated carbocycles. The first kappa shape index (κ1) is 38.4. The highest BCUT2D eigenvalue weighted by Gasteiger charge is 2.52. The molecule has 0 fully saturated rings. The van der Waals surface area contributed by atoms with Gasteiger partial charge in [-0.1, -0.05) is 143 Å². The second kappa shape index (κ2) is 12.2. The van der Waals surface area contributed by atoms with Gasteiger partial charge in [0.05, 0.1) is 16.7 Å². The Kier molecular flexibility index (Phi) is 7.32. The lowest BCUT2D eigenvalue weighted by Gasteiger charge is -2.41. The lowest BCUT2D eigenvalue weighted by molar-refractivity contribution is 0.590. The minimum absolute atomic E-state index is 0.0218. The number of aromatic nitrogens is 1. The van der Waals surface area contributed by atoms with E-state index in [0.29, 0.717) is 0 Å². The summed E-state index contributed by atoms with van der Waals surface area (Å²) >= 11 is 1.91. The number of thiophene rings is 1. The summed E-state index contributed by atoms with van der Waals surface area (Å²) in [5.74, 6) is 0. The van der Waals surface area contributed by atoms with Crippen molar-refractivity contribution in [3.63, 3.8) is 0 Å². The van der Waals surface area contributed by atoms with Gasteiger partial charge in [0.2, 0.25) is 0 Å². The standard InChI is InChI=1S/C59H53BN2OS/c1-56(2,3)32-20-24-35(25-21-32)62-44-30-38-36-16-13-15-19-46(36)64-47(38)31-40(44)49-48-37-17-12-14-18-42(37)59(10,11)51(48)50-39-28-33(57(4,5)6)22-26-43(39)61-53-41-29-34(58(7,8)9)23-27-45(41)63-55(53)60(62)52(49)54(50)61/h12-31H,1-11H3. The third-order valence-corrected chi connectivity index (χ3v) is 16.3. The van der Waals surface area contributed by atoms with E-state index in [0.717, 1.165) is 11.2 Å². The molecular weight excluding hydrogens is 796 g/mol. The average molecular weight is 849 g/mol. The molecule has 5 heteroatoms. The van der Waals surface area contributed by atoms with Crippen LogP contribution in [0.2, 0.25) is 0 Å². The van der Waals surface area contributed by atoms with Crippen molar-refractivity contribution in [2.45, 2.75) is 97.8 Å². The minimum Gasteiger partial charge on any atom is -0.466 e. The third kappa shape index (κ3) is 4.89. The Morgan fingerprint density at radius 3 is 1.97 bits per heavy atom. The van der Waals surface area contributed by atoms with Crippen LogP contribution in [0.3, 0.4) is 0 Å². The van der Waals surface area contributed by atoms with Crippen molar-refractivity contribution >= 4 is 93.6 Å². The number of anilines is 2. The van der Waals surface area contributed by atoms with E-state index in [4.69, 9.17) is 4.42 Å². The van der Waals surface area contributed by atoms with Crippen molar-refractivity contribution in [2.75, 3.05) is 4.81 Å². The maximum absolute atomic E-state index is 7.49. The minimum atomic E-state index is -0.257. The molecule has 0 radical (unpaired) electrons. The Morgan fingerprint density at radius 2 is 1.23 bits per heavy atom. The maximum atomic E-state index is 7.49. The number of nitrogens with zero attached hydrogens (tertiary/aromatic N) is 2. The third-order valence-electron chi connectivity index (χ3n) is 15.2.